The van der Waals surface area contributed by atoms with E-state index in [0.29, 0.717) is 27.3 Å². The number of benzene rings is 2. The van der Waals surface area contributed by atoms with Gasteiger partial charge >= 0.3 is 0 Å². The molecule has 0 aliphatic heterocycles. The molecule has 3 rings (SSSR count). The van der Waals surface area contributed by atoms with Crippen LogP contribution in [0.1, 0.15) is 21.9 Å². The predicted octanol–water partition coefficient (Wildman–Crippen LogP) is 5.47. The minimum atomic E-state index is -0.419. The van der Waals surface area contributed by atoms with Crippen LogP contribution in [0.5, 0.6) is 17.2 Å². The summed E-state index contributed by atoms with van der Waals surface area (Å²) in [6, 6.07) is 12.1. The molecule has 0 amide bonds. The lowest BCUT2D eigenvalue weighted by Gasteiger charge is -2.05. The standard InChI is InChI=1S/C20H14Cl2O5/c21-17-7-4-14(10-18(17)22)26-11-15-3-2-13(27-15)5-8-19(24)16-6-1-12(23)9-20(16)25/h1-10,23,25H,11H2/b8-5+. The lowest BCUT2D eigenvalue weighted by atomic mass is 10.1. The van der Waals surface area contributed by atoms with E-state index in [0.717, 1.165) is 6.07 Å². The Labute approximate surface area is 165 Å². The van der Waals surface area contributed by atoms with E-state index in [4.69, 9.17) is 32.4 Å². The van der Waals surface area contributed by atoms with Crippen molar-refractivity contribution in [2.75, 3.05) is 0 Å². The molecule has 0 unspecified atom stereocenters. The van der Waals surface area contributed by atoms with Crippen molar-refractivity contribution >= 4 is 35.1 Å². The lowest BCUT2D eigenvalue weighted by Crippen LogP contribution is -1.94. The average Bonchev–Trinajstić information content (AvgIpc) is 3.08. The molecule has 3 aromatic rings. The lowest BCUT2D eigenvalue weighted by molar-refractivity contribution is 0.104. The zero-order valence-corrected chi connectivity index (χ0v) is 15.4. The van der Waals surface area contributed by atoms with E-state index >= 15 is 0 Å². The maximum atomic E-state index is 12.1. The molecule has 1 aromatic heterocycles. The molecule has 0 aliphatic rings. The van der Waals surface area contributed by atoms with Gasteiger partial charge in [0.05, 0.1) is 15.6 Å². The molecule has 5 nitrogen and oxygen atoms in total. The van der Waals surface area contributed by atoms with Gasteiger partial charge in [0, 0.05) is 12.1 Å². The van der Waals surface area contributed by atoms with E-state index in [-0.39, 0.29) is 23.7 Å². The summed E-state index contributed by atoms with van der Waals surface area (Å²) in [6.07, 6.45) is 2.76. The Morgan fingerprint density at radius 2 is 1.85 bits per heavy atom. The van der Waals surface area contributed by atoms with Crippen LogP contribution in [0.4, 0.5) is 0 Å². The van der Waals surface area contributed by atoms with E-state index in [1.165, 1.54) is 24.3 Å². The first-order valence-corrected chi connectivity index (χ1v) is 8.59. The number of allylic oxidation sites excluding steroid dienone is 1. The van der Waals surface area contributed by atoms with E-state index in [1.54, 1.807) is 30.3 Å². The number of furan rings is 1. The molecule has 0 bridgehead atoms. The largest absolute Gasteiger partial charge is 0.508 e. The van der Waals surface area contributed by atoms with E-state index in [2.05, 4.69) is 0 Å². The van der Waals surface area contributed by atoms with Gasteiger partial charge in [-0.1, -0.05) is 23.2 Å². The van der Waals surface area contributed by atoms with Crippen molar-refractivity contribution in [3.8, 4) is 17.2 Å². The number of carbonyl (C=O) groups is 1. The van der Waals surface area contributed by atoms with Gasteiger partial charge in [0.25, 0.3) is 0 Å². The average molecular weight is 405 g/mol. The van der Waals surface area contributed by atoms with Crippen LogP contribution in [-0.2, 0) is 6.61 Å². The number of halogens is 2. The fourth-order valence-corrected chi connectivity index (χ4v) is 2.55. The minimum absolute atomic E-state index is 0.0822. The fraction of sp³-hybridized carbons (Fsp3) is 0.0500. The first-order chi connectivity index (χ1) is 12.9. The van der Waals surface area contributed by atoms with Crippen molar-refractivity contribution in [2.45, 2.75) is 6.61 Å². The molecule has 2 aromatic carbocycles. The number of rotatable bonds is 6. The summed E-state index contributed by atoms with van der Waals surface area (Å²) < 4.78 is 11.1. The molecule has 0 aliphatic carbocycles. The first kappa shape index (κ1) is 18.9. The summed E-state index contributed by atoms with van der Waals surface area (Å²) in [5.74, 6) is 0.730. The van der Waals surface area contributed by atoms with Gasteiger partial charge in [-0.3, -0.25) is 4.79 Å². The van der Waals surface area contributed by atoms with Gasteiger partial charge in [0.15, 0.2) is 5.78 Å². The minimum Gasteiger partial charge on any atom is -0.508 e. The molecule has 0 spiro atoms. The van der Waals surface area contributed by atoms with Gasteiger partial charge in [-0.2, -0.15) is 0 Å². The molecule has 27 heavy (non-hydrogen) atoms. The molecule has 7 heteroatoms. The molecule has 0 saturated heterocycles. The fourth-order valence-electron chi connectivity index (χ4n) is 2.26. The van der Waals surface area contributed by atoms with Gasteiger partial charge in [-0.05, 0) is 48.6 Å². The van der Waals surface area contributed by atoms with Gasteiger partial charge in [0.2, 0.25) is 0 Å². The maximum absolute atomic E-state index is 12.1. The number of ether oxygens (including phenoxy) is 1. The zero-order valence-electron chi connectivity index (χ0n) is 13.9. The SMILES string of the molecule is O=C(/C=C/c1ccc(COc2ccc(Cl)c(Cl)c2)o1)c1ccc(O)cc1O. The number of hydrogen-bond acceptors (Lipinski definition) is 5. The Kier molecular flexibility index (Phi) is 5.74. The van der Waals surface area contributed by atoms with Crippen molar-refractivity contribution in [1.82, 2.24) is 0 Å². The molecule has 138 valence electrons. The summed E-state index contributed by atoms with van der Waals surface area (Å²) in [7, 11) is 0. The van der Waals surface area contributed by atoms with Crippen LogP contribution >= 0.6 is 23.2 Å². The smallest absolute Gasteiger partial charge is 0.189 e. The molecule has 2 N–H and O–H groups in total. The molecular weight excluding hydrogens is 391 g/mol. The summed E-state index contributed by atoms with van der Waals surface area (Å²) in [5.41, 5.74) is 0.0822. The van der Waals surface area contributed by atoms with E-state index < -0.39 is 5.78 Å². The highest BCUT2D eigenvalue weighted by Crippen LogP contribution is 2.27. The van der Waals surface area contributed by atoms with E-state index in [9.17, 15) is 15.0 Å². The number of phenols is 2. The van der Waals surface area contributed by atoms with Crippen molar-refractivity contribution < 1.29 is 24.2 Å². The number of ketones is 1. The highest BCUT2D eigenvalue weighted by molar-refractivity contribution is 6.42. The third-order valence-electron chi connectivity index (χ3n) is 3.60. The quantitative estimate of drug-likeness (QED) is 0.420. The van der Waals surface area contributed by atoms with Crippen LogP contribution < -0.4 is 4.74 Å². The number of phenolic OH excluding ortho intramolecular Hbond substituents is 2. The highest BCUT2D eigenvalue weighted by Gasteiger charge is 2.09. The van der Waals surface area contributed by atoms with Crippen molar-refractivity contribution in [3.63, 3.8) is 0 Å². The molecule has 1 heterocycles. The summed E-state index contributed by atoms with van der Waals surface area (Å²) >= 11 is 11.8. The van der Waals surface area contributed by atoms with Crippen LogP contribution in [0.2, 0.25) is 10.0 Å². The second-order valence-corrected chi connectivity index (χ2v) is 6.38. The number of carbonyl (C=O) groups excluding carboxylic acids is 1. The Hall–Kier alpha value is -2.89. The molecule has 0 radical (unpaired) electrons. The van der Waals surface area contributed by atoms with Gasteiger partial charge in [0.1, 0.15) is 35.4 Å². The van der Waals surface area contributed by atoms with Gasteiger partial charge in [-0.15, -0.1) is 0 Å². The van der Waals surface area contributed by atoms with Gasteiger partial charge in [-0.25, -0.2) is 0 Å². The number of aromatic hydroxyl groups is 2. The Morgan fingerprint density at radius 1 is 1.04 bits per heavy atom. The summed E-state index contributed by atoms with van der Waals surface area (Å²) in [6.45, 7) is 0.179. The second kappa shape index (κ2) is 8.20. The topological polar surface area (TPSA) is 79.9 Å². The van der Waals surface area contributed by atoms with Crippen LogP contribution in [0, 0.1) is 0 Å². The summed E-state index contributed by atoms with van der Waals surface area (Å²) in [4.78, 5) is 12.1. The Morgan fingerprint density at radius 3 is 2.59 bits per heavy atom. The van der Waals surface area contributed by atoms with Crippen LogP contribution in [0.15, 0.2) is 59.0 Å². The highest BCUT2D eigenvalue weighted by atomic mass is 35.5. The van der Waals surface area contributed by atoms with Crippen molar-refractivity contribution in [2.24, 2.45) is 0 Å². The molecule has 0 atom stereocenters. The third-order valence-corrected chi connectivity index (χ3v) is 4.34. The molecule has 0 fully saturated rings. The van der Waals surface area contributed by atoms with Crippen LogP contribution in [0.3, 0.4) is 0 Å². The third kappa shape index (κ3) is 4.84. The first-order valence-electron chi connectivity index (χ1n) is 7.83. The predicted molar refractivity (Wildman–Crippen MR) is 103 cm³/mol. The van der Waals surface area contributed by atoms with Crippen LogP contribution in [0.25, 0.3) is 6.08 Å². The Bertz CT molecular complexity index is 1010. The zero-order chi connectivity index (χ0) is 19.4. The van der Waals surface area contributed by atoms with Crippen molar-refractivity contribution in [1.29, 1.82) is 0 Å². The maximum Gasteiger partial charge on any atom is 0.189 e. The number of hydrogen-bond donors (Lipinski definition) is 2. The normalized spacial score (nSPS) is 11.0. The van der Waals surface area contributed by atoms with Gasteiger partial charge < -0.3 is 19.4 Å². The second-order valence-electron chi connectivity index (χ2n) is 5.57. The monoisotopic (exact) mass is 404 g/mol. The Balaban J connectivity index is 1.62. The summed E-state index contributed by atoms with van der Waals surface area (Å²) in [5, 5.41) is 19.8. The molecular formula is C20H14Cl2O5. The molecule has 0 saturated carbocycles. The van der Waals surface area contributed by atoms with E-state index in [1.807, 2.05) is 0 Å². The van der Waals surface area contributed by atoms with Crippen molar-refractivity contribution in [3.05, 3.63) is 81.7 Å². The van der Waals surface area contributed by atoms with Crippen LogP contribution in [-0.4, -0.2) is 16.0 Å².